The lowest BCUT2D eigenvalue weighted by atomic mass is 10.1. The van der Waals surface area contributed by atoms with Gasteiger partial charge < -0.3 is 14.2 Å². The summed E-state index contributed by atoms with van der Waals surface area (Å²) in [6, 6.07) is 16.2. The van der Waals surface area contributed by atoms with Gasteiger partial charge in [-0.1, -0.05) is 33.6 Å². The van der Waals surface area contributed by atoms with E-state index in [0.29, 0.717) is 40.1 Å². The first kappa shape index (κ1) is 26.2. The molecule has 3 aromatic rings. The predicted molar refractivity (Wildman–Crippen MR) is 143 cm³/mol. The number of urea groups is 1. The molecule has 0 atom stereocenters. The smallest absolute Gasteiger partial charge is 0.335 e. The largest absolute Gasteiger partial charge is 0.493 e. The third kappa shape index (κ3) is 6.12. The second kappa shape index (κ2) is 11.5. The number of carbonyl (C=O) groups is 3. The molecule has 3 aromatic carbocycles. The molecule has 1 heterocycles. The van der Waals surface area contributed by atoms with Crippen molar-refractivity contribution < 1.29 is 28.6 Å². The standard InChI is InChI=1S/C27H22BrClN2O6/c1-16-13-20(8-9-22(16)29)36-11-12-37-23-10-3-17(15-24(23)35-2)14-21-25(32)30-27(34)31(26(21)33)19-6-4-18(28)5-7-19/h3-10,13-15H,11-12H2,1-2H3,(H,30,32,34)/b21-14+. The molecule has 0 spiro atoms. The van der Waals surface area contributed by atoms with Gasteiger partial charge >= 0.3 is 6.03 Å². The van der Waals surface area contributed by atoms with Gasteiger partial charge in [0.25, 0.3) is 11.8 Å². The third-order valence-corrected chi connectivity index (χ3v) is 6.38. The normalized spacial score (nSPS) is 14.5. The van der Waals surface area contributed by atoms with E-state index in [1.54, 1.807) is 54.6 Å². The zero-order chi connectivity index (χ0) is 26.5. The Kier molecular flexibility index (Phi) is 8.15. The van der Waals surface area contributed by atoms with Crippen molar-refractivity contribution in [3.05, 3.63) is 86.9 Å². The number of benzene rings is 3. The molecular formula is C27H22BrClN2O6. The molecule has 0 saturated carbocycles. The Bertz CT molecular complexity index is 1390. The Morgan fingerprint density at radius 3 is 2.38 bits per heavy atom. The van der Waals surface area contributed by atoms with Crippen LogP contribution in [-0.2, 0) is 9.59 Å². The van der Waals surface area contributed by atoms with Gasteiger partial charge in [-0.3, -0.25) is 14.9 Å². The van der Waals surface area contributed by atoms with Crippen LogP contribution in [0.5, 0.6) is 17.2 Å². The fraction of sp³-hybridized carbons (Fsp3) is 0.148. The predicted octanol–water partition coefficient (Wildman–Crippen LogP) is 5.54. The number of amides is 4. The minimum atomic E-state index is -0.813. The van der Waals surface area contributed by atoms with E-state index in [9.17, 15) is 14.4 Å². The van der Waals surface area contributed by atoms with Crippen molar-refractivity contribution in [1.29, 1.82) is 0 Å². The minimum Gasteiger partial charge on any atom is -0.493 e. The zero-order valence-corrected chi connectivity index (χ0v) is 22.3. The number of nitrogens with zero attached hydrogens (tertiary/aromatic N) is 1. The van der Waals surface area contributed by atoms with E-state index < -0.39 is 17.8 Å². The van der Waals surface area contributed by atoms with Crippen LogP contribution < -0.4 is 24.4 Å². The van der Waals surface area contributed by atoms with Gasteiger partial charge in [0.2, 0.25) is 0 Å². The zero-order valence-electron chi connectivity index (χ0n) is 19.9. The molecule has 1 aliphatic heterocycles. The Labute approximate surface area is 226 Å². The summed E-state index contributed by atoms with van der Waals surface area (Å²) in [4.78, 5) is 38.8. The molecule has 4 rings (SSSR count). The van der Waals surface area contributed by atoms with Crippen LogP contribution in [0.3, 0.4) is 0 Å². The van der Waals surface area contributed by atoms with E-state index in [4.69, 9.17) is 25.8 Å². The van der Waals surface area contributed by atoms with Gasteiger partial charge in [-0.2, -0.15) is 0 Å². The summed E-state index contributed by atoms with van der Waals surface area (Å²) in [6.45, 7) is 2.45. The number of methoxy groups -OCH3 is 1. The summed E-state index contributed by atoms with van der Waals surface area (Å²) in [6.07, 6.45) is 1.40. The number of rotatable bonds is 8. The van der Waals surface area contributed by atoms with Crippen molar-refractivity contribution in [1.82, 2.24) is 5.32 Å². The second-order valence-corrected chi connectivity index (χ2v) is 9.28. The van der Waals surface area contributed by atoms with Crippen molar-refractivity contribution in [2.45, 2.75) is 6.92 Å². The molecule has 8 nitrogen and oxygen atoms in total. The molecule has 190 valence electrons. The van der Waals surface area contributed by atoms with E-state index in [2.05, 4.69) is 21.2 Å². The number of anilines is 1. The number of ether oxygens (including phenoxy) is 3. The highest BCUT2D eigenvalue weighted by molar-refractivity contribution is 9.10. The van der Waals surface area contributed by atoms with E-state index in [1.807, 2.05) is 13.0 Å². The van der Waals surface area contributed by atoms with Crippen LogP contribution in [0.4, 0.5) is 10.5 Å². The topological polar surface area (TPSA) is 94.2 Å². The van der Waals surface area contributed by atoms with E-state index >= 15 is 0 Å². The molecule has 10 heteroatoms. The van der Waals surface area contributed by atoms with Crippen molar-refractivity contribution in [3.8, 4) is 17.2 Å². The molecule has 0 unspecified atom stereocenters. The molecule has 4 amide bonds. The third-order valence-electron chi connectivity index (χ3n) is 5.42. The molecular weight excluding hydrogens is 564 g/mol. The first-order chi connectivity index (χ1) is 17.8. The average Bonchev–Trinajstić information content (AvgIpc) is 2.88. The molecule has 0 radical (unpaired) electrons. The number of halogens is 2. The lowest BCUT2D eigenvalue weighted by molar-refractivity contribution is -0.122. The fourth-order valence-corrected chi connectivity index (χ4v) is 3.94. The van der Waals surface area contributed by atoms with Gasteiger partial charge in [0.15, 0.2) is 11.5 Å². The number of barbiturate groups is 1. The van der Waals surface area contributed by atoms with Gasteiger partial charge in [0.1, 0.15) is 24.5 Å². The molecule has 1 aliphatic rings. The van der Waals surface area contributed by atoms with Crippen LogP contribution in [0.25, 0.3) is 6.08 Å². The average molecular weight is 586 g/mol. The molecule has 0 aliphatic carbocycles. The summed E-state index contributed by atoms with van der Waals surface area (Å²) in [7, 11) is 1.48. The highest BCUT2D eigenvalue weighted by Crippen LogP contribution is 2.30. The van der Waals surface area contributed by atoms with Crippen LogP contribution in [0.15, 0.2) is 70.7 Å². The van der Waals surface area contributed by atoms with E-state index in [0.717, 1.165) is 14.9 Å². The van der Waals surface area contributed by atoms with Crippen molar-refractivity contribution in [3.63, 3.8) is 0 Å². The van der Waals surface area contributed by atoms with Crippen LogP contribution in [0, 0.1) is 6.92 Å². The number of hydrogen-bond donors (Lipinski definition) is 1. The SMILES string of the molecule is COc1cc(/C=C2\C(=O)NC(=O)N(c3ccc(Br)cc3)C2=O)ccc1OCCOc1ccc(Cl)c(C)c1. The Morgan fingerprint density at radius 1 is 0.946 bits per heavy atom. The van der Waals surface area contributed by atoms with Gasteiger partial charge in [0.05, 0.1) is 12.8 Å². The van der Waals surface area contributed by atoms with Crippen LogP contribution in [0.2, 0.25) is 5.02 Å². The van der Waals surface area contributed by atoms with Crippen molar-refractivity contribution >= 4 is 57.1 Å². The van der Waals surface area contributed by atoms with Crippen molar-refractivity contribution in [2.24, 2.45) is 0 Å². The number of hydrogen-bond acceptors (Lipinski definition) is 6. The monoisotopic (exact) mass is 584 g/mol. The Balaban J connectivity index is 1.47. The van der Waals surface area contributed by atoms with Crippen molar-refractivity contribution in [2.75, 3.05) is 25.2 Å². The van der Waals surface area contributed by atoms with Crippen LogP contribution in [0.1, 0.15) is 11.1 Å². The summed E-state index contributed by atoms with van der Waals surface area (Å²) in [5.74, 6) is 0.0422. The van der Waals surface area contributed by atoms with Gasteiger partial charge in [-0.25, -0.2) is 9.69 Å². The molecule has 0 bridgehead atoms. The number of nitrogens with one attached hydrogen (secondary N) is 1. The fourth-order valence-electron chi connectivity index (χ4n) is 3.56. The second-order valence-electron chi connectivity index (χ2n) is 7.95. The molecule has 1 fully saturated rings. The summed E-state index contributed by atoms with van der Waals surface area (Å²) in [5, 5.41) is 2.88. The first-order valence-electron chi connectivity index (χ1n) is 11.1. The maximum absolute atomic E-state index is 13.1. The molecule has 1 saturated heterocycles. The number of carbonyl (C=O) groups excluding carboxylic acids is 3. The van der Waals surface area contributed by atoms with E-state index in [-0.39, 0.29) is 12.2 Å². The van der Waals surface area contributed by atoms with Crippen LogP contribution >= 0.6 is 27.5 Å². The number of aryl methyl sites for hydroxylation is 1. The Morgan fingerprint density at radius 2 is 1.68 bits per heavy atom. The maximum Gasteiger partial charge on any atom is 0.335 e. The molecule has 1 N–H and O–H groups in total. The van der Waals surface area contributed by atoms with Crippen LogP contribution in [-0.4, -0.2) is 38.2 Å². The van der Waals surface area contributed by atoms with Gasteiger partial charge in [-0.15, -0.1) is 0 Å². The lowest BCUT2D eigenvalue weighted by Gasteiger charge is -2.26. The maximum atomic E-state index is 13.1. The molecule has 37 heavy (non-hydrogen) atoms. The first-order valence-corrected chi connectivity index (χ1v) is 12.3. The minimum absolute atomic E-state index is 0.190. The lowest BCUT2D eigenvalue weighted by Crippen LogP contribution is -2.54. The summed E-state index contributed by atoms with van der Waals surface area (Å²) >= 11 is 9.35. The molecule has 0 aromatic heterocycles. The summed E-state index contributed by atoms with van der Waals surface area (Å²) in [5.41, 5.74) is 1.58. The van der Waals surface area contributed by atoms with Gasteiger partial charge in [-0.05, 0) is 78.7 Å². The quantitative estimate of drug-likeness (QED) is 0.212. The number of imide groups is 2. The summed E-state index contributed by atoms with van der Waals surface area (Å²) < 4.78 is 17.7. The van der Waals surface area contributed by atoms with E-state index in [1.165, 1.54) is 13.2 Å². The van der Waals surface area contributed by atoms with Gasteiger partial charge in [0, 0.05) is 9.50 Å². The highest BCUT2D eigenvalue weighted by Gasteiger charge is 2.36. The highest BCUT2D eigenvalue weighted by atomic mass is 79.9. The Hall–Kier alpha value is -3.82.